The first-order chi connectivity index (χ1) is 32.4. The molecule has 66 heavy (non-hydrogen) atoms. The van der Waals surface area contributed by atoms with E-state index >= 15 is 0 Å². The van der Waals surface area contributed by atoms with Gasteiger partial charge in [0.1, 0.15) is 34.8 Å². The summed E-state index contributed by atoms with van der Waals surface area (Å²) in [4.78, 5) is 17.5. The zero-order valence-corrected chi connectivity index (χ0v) is 40.8. The molecule has 0 saturated carbocycles. The third-order valence-electron chi connectivity index (χ3n) is 12.1. The number of hydrogen-bond donors (Lipinski definition) is 2. The van der Waals surface area contributed by atoms with E-state index in [2.05, 4.69) is 67.8 Å². The number of aromatic amines is 2. The maximum absolute atomic E-state index is 11.1. The first-order valence-electron chi connectivity index (χ1n) is 23.3. The molecule has 0 aliphatic rings. The molecule has 8 nitrogen and oxygen atoms in total. The molecule has 0 spiro atoms. The molecule has 0 unspecified atom stereocenters. The van der Waals surface area contributed by atoms with Gasteiger partial charge in [0.2, 0.25) is 0 Å². The van der Waals surface area contributed by atoms with Crippen molar-refractivity contribution in [3.05, 3.63) is 140 Å². The van der Waals surface area contributed by atoms with Gasteiger partial charge >= 0.3 is 0 Å². The SMILES string of the molecule is CCCCCCCCOc1ccc(-c2[nH]/c(=C(/C#N)c3ccc4cc(Br)ccc4n3)c3c(-c4ccc(OCCCCCCCC)cc4)[nH]/c(=C(/C#N)c4ccc5cc(Br)ccc5n4)c23)cc1. The number of fused-ring (bicyclic) bond motifs is 3. The van der Waals surface area contributed by atoms with Crippen molar-refractivity contribution in [1.82, 2.24) is 19.9 Å². The van der Waals surface area contributed by atoms with Crippen molar-refractivity contribution in [1.29, 1.82) is 10.5 Å². The summed E-state index contributed by atoms with van der Waals surface area (Å²) < 4.78 is 14.3. The highest BCUT2D eigenvalue weighted by atomic mass is 79.9. The van der Waals surface area contributed by atoms with E-state index in [1.165, 1.54) is 51.4 Å². The highest BCUT2D eigenvalue weighted by molar-refractivity contribution is 9.10. The molecule has 4 aromatic carbocycles. The molecular weight excluding hydrogens is 948 g/mol. The number of rotatable bonds is 20. The number of pyridine rings is 2. The molecule has 4 aromatic heterocycles. The Kier molecular flexibility index (Phi) is 15.7. The Bertz CT molecular complexity index is 2960. The van der Waals surface area contributed by atoms with E-state index in [1.54, 1.807) is 0 Å². The van der Waals surface area contributed by atoms with Crippen LogP contribution in [0, 0.1) is 22.7 Å². The molecule has 0 aliphatic carbocycles. The summed E-state index contributed by atoms with van der Waals surface area (Å²) in [6, 6.07) is 40.8. The van der Waals surface area contributed by atoms with E-state index in [4.69, 9.17) is 19.4 Å². The van der Waals surface area contributed by atoms with Crippen molar-refractivity contribution < 1.29 is 9.47 Å². The summed E-state index contributed by atoms with van der Waals surface area (Å²) in [7, 11) is 0. The van der Waals surface area contributed by atoms with E-state index < -0.39 is 0 Å². The number of hydrogen-bond acceptors (Lipinski definition) is 6. The molecule has 10 heteroatoms. The van der Waals surface area contributed by atoms with E-state index in [-0.39, 0.29) is 0 Å². The number of benzene rings is 4. The second-order valence-corrected chi connectivity index (χ2v) is 18.7. The van der Waals surface area contributed by atoms with Gasteiger partial charge in [0.25, 0.3) is 0 Å². The molecule has 8 rings (SSSR count). The Morgan fingerprint density at radius 2 is 0.894 bits per heavy atom. The number of nitriles is 2. The minimum Gasteiger partial charge on any atom is -0.494 e. The van der Waals surface area contributed by atoms with Crippen molar-refractivity contribution >= 4 is 75.6 Å². The largest absolute Gasteiger partial charge is 0.494 e. The molecule has 8 aromatic rings. The molecule has 4 heterocycles. The molecule has 0 fully saturated rings. The molecule has 0 aliphatic heterocycles. The monoisotopic (exact) mass is 1000 g/mol. The lowest BCUT2D eigenvalue weighted by atomic mass is 10.0. The smallest absolute Gasteiger partial charge is 0.119 e. The number of halogens is 2. The fourth-order valence-electron chi connectivity index (χ4n) is 8.59. The van der Waals surface area contributed by atoms with Gasteiger partial charge in [-0.25, -0.2) is 9.97 Å². The van der Waals surface area contributed by atoms with Crippen LogP contribution in [-0.2, 0) is 0 Å². The highest BCUT2D eigenvalue weighted by Gasteiger charge is 2.23. The van der Waals surface area contributed by atoms with Gasteiger partial charge in [0.05, 0.1) is 57.7 Å². The summed E-state index contributed by atoms with van der Waals surface area (Å²) in [6.07, 6.45) is 14.3. The summed E-state index contributed by atoms with van der Waals surface area (Å²) >= 11 is 7.17. The number of nitrogens with one attached hydrogen (secondary N) is 2. The van der Waals surface area contributed by atoms with Gasteiger partial charge in [-0.3, -0.25) is 0 Å². The molecule has 0 bridgehead atoms. The van der Waals surface area contributed by atoms with Crippen LogP contribution >= 0.6 is 31.9 Å². The van der Waals surface area contributed by atoms with Gasteiger partial charge in [0, 0.05) is 30.5 Å². The number of unbranched alkanes of at least 4 members (excludes halogenated alkanes) is 10. The van der Waals surface area contributed by atoms with E-state index in [1.807, 2.05) is 109 Å². The second kappa shape index (κ2) is 22.3. The van der Waals surface area contributed by atoms with Crippen LogP contribution in [0.25, 0.3) is 66.2 Å². The minimum atomic E-state index is 0.369. The Morgan fingerprint density at radius 3 is 1.29 bits per heavy atom. The molecular formula is C56H54Br2N6O2. The van der Waals surface area contributed by atoms with Gasteiger partial charge in [-0.1, -0.05) is 122 Å². The average Bonchev–Trinajstić information content (AvgIpc) is 3.91. The summed E-state index contributed by atoms with van der Waals surface area (Å²) in [5.41, 5.74) is 6.55. The molecule has 0 amide bonds. The van der Waals surface area contributed by atoms with Crippen molar-refractivity contribution in [2.24, 2.45) is 0 Å². The third kappa shape index (κ3) is 10.7. The first-order valence-corrected chi connectivity index (χ1v) is 24.9. The van der Waals surface area contributed by atoms with Crippen molar-refractivity contribution in [2.45, 2.75) is 90.9 Å². The summed E-state index contributed by atoms with van der Waals surface area (Å²) in [5, 5.41) is 26.9. The van der Waals surface area contributed by atoms with E-state index in [0.29, 0.717) is 46.4 Å². The number of nitrogens with zero attached hydrogens (tertiary/aromatic N) is 4. The summed E-state index contributed by atoms with van der Waals surface area (Å²) in [6.45, 7) is 5.78. The average molecular weight is 1000 g/mol. The van der Waals surface area contributed by atoms with Gasteiger partial charge in [-0.05, 0) is 121 Å². The van der Waals surface area contributed by atoms with Crippen LogP contribution in [0.3, 0.4) is 0 Å². The normalized spacial score (nSPS) is 12.3. The lowest BCUT2D eigenvalue weighted by Crippen LogP contribution is -2.11. The number of aromatic nitrogens is 4. The predicted molar refractivity (Wildman–Crippen MR) is 276 cm³/mol. The van der Waals surface area contributed by atoms with Crippen LogP contribution in [0.2, 0.25) is 0 Å². The fraction of sp³-hybridized carbons (Fsp3) is 0.286. The highest BCUT2D eigenvalue weighted by Crippen LogP contribution is 2.34. The molecule has 0 atom stereocenters. The zero-order chi connectivity index (χ0) is 45.8. The second-order valence-electron chi connectivity index (χ2n) is 16.8. The number of H-pyrrole nitrogens is 2. The maximum atomic E-state index is 11.1. The van der Waals surface area contributed by atoms with Crippen LogP contribution in [-0.4, -0.2) is 33.1 Å². The van der Waals surface area contributed by atoms with Crippen LogP contribution in [0.4, 0.5) is 0 Å². The standard InChI is InChI=1S/C56H54Br2N6O2/c1-3-5-7-9-11-13-31-65-43-23-15-37(16-24-43)53-51-52(56(63-53)46(36-60)50-28-20-40-34-42(58)22-30-48(40)62-50)54(38-17-25-44(26-18-38)66-32-14-12-10-8-6-4-2)64-55(51)45(35-59)49-27-19-39-33-41(57)21-29-47(39)61-49/h15-30,33-34,63-64H,3-14,31-32H2,1-2H3/b55-45-,56-46-. The zero-order valence-electron chi connectivity index (χ0n) is 37.7. The van der Waals surface area contributed by atoms with Crippen molar-refractivity contribution in [3.63, 3.8) is 0 Å². The van der Waals surface area contributed by atoms with Crippen molar-refractivity contribution in [3.8, 4) is 46.2 Å². The van der Waals surface area contributed by atoms with Gasteiger partial charge in [0.15, 0.2) is 0 Å². The Labute approximate surface area is 403 Å². The fourth-order valence-corrected chi connectivity index (χ4v) is 9.35. The van der Waals surface area contributed by atoms with Gasteiger partial charge in [-0.15, -0.1) is 0 Å². The Morgan fingerprint density at radius 1 is 0.500 bits per heavy atom. The first kappa shape index (κ1) is 46.3. The van der Waals surface area contributed by atoms with Crippen LogP contribution < -0.4 is 20.2 Å². The molecule has 0 saturated heterocycles. The maximum Gasteiger partial charge on any atom is 0.119 e. The van der Waals surface area contributed by atoms with Crippen LogP contribution in [0.1, 0.15) is 102 Å². The third-order valence-corrected chi connectivity index (χ3v) is 13.1. The Balaban J connectivity index is 1.31. The predicted octanol–water partition coefficient (Wildman–Crippen LogP) is 14.4. The van der Waals surface area contributed by atoms with Crippen LogP contribution in [0.15, 0.2) is 118 Å². The Hall–Kier alpha value is -6.20. The van der Waals surface area contributed by atoms with Crippen LogP contribution in [0.5, 0.6) is 11.5 Å². The topological polar surface area (TPSA) is 123 Å². The molecule has 334 valence electrons. The summed E-state index contributed by atoms with van der Waals surface area (Å²) in [5.74, 6) is 1.58. The lowest BCUT2D eigenvalue weighted by molar-refractivity contribution is 0.304. The molecule has 2 N–H and O–H groups in total. The minimum absolute atomic E-state index is 0.369. The van der Waals surface area contributed by atoms with E-state index in [9.17, 15) is 10.5 Å². The molecule has 0 radical (unpaired) electrons. The number of ether oxygens (including phenoxy) is 2. The lowest BCUT2D eigenvalue weighted by Gasteiger charge is -2.08. The van der Waals surface area contributed by atoms with Gasteiger partial charge < -0.3 is 19.4 Å². The quantitative estimate of drug-likeness (QED) is 0.0733. The van der Waals surface area contributed by atoms with Crippen molar-refractivity contribution in [2.75, 3.05) is 13.2 Å². The van der Waals surface area contributed by atoms with E-state index in [0.717, 1.165) is 101 Å². The van der Waals surface area contributed by atoms with Gasteiger partial charge in [-0.2, -0.15) is 10.5 Å².